The fraction of sp³-hybridized carbons (Fsp3) is 0.474. The van der Waals surface area contributed by atoms with Gasteiger partial charge in [0.25, 0.3) is 5.91 Å². The zero-order valence-corrected chi connectivity index (χ0v) is 17.3. The van der Waals surface area contributed by atoms with E-state index in [-0.39, 0.29) is 11.9 Å². The maximum absolute atomic E-state index is 12.8. The minimum atomic E-state index is -0.243. The normalized spacial score (nSPS) is 15.4. The van der Waals surface area contributed by atoms with E-state index in [1.54, 1.807) is 11.3 Å². The molecule has 2 N–H and O–H groups in total. The van der Waals surface area contributed by atoms with Crippen molar-refractivity contribution >= 4 is 17.2 Å². The van der Waals surface area contributed by atoms with Crippen LogP contribution < -0.4 is 5.32 Å². The van der Waals surface area contributed by atoms with Crippen LogP contribution in [0.25, 0.3) is 0 Å². The van der Waals surface area contributed by atoms with Crippen molar-refractivity contribution in [1.29, 1.82) is 0 Å². The maximum atomic E-state index is 12.8. The molecular formula is C19H24N6O2S. The Kier molecular flexibility index (Phi) is 5.03. The number of H-pyrrole nitrogens is 1. The van der Waals surface area contributed by atoms with E-state index in [1.807, 2.05) is 33.1 Å². The highest BCUT2D eigenvalue weighted by Gasteiger charge is 2.26. The summed E-state index contributed by atoms with van der Waals surface area (Å²) in [6, 6.07) is -0.243. The fourth-order valence-electron chi connectivity index (χ4n) is 3.55. The van der Waals surface area contributed by atoms with Crippen LogP contribution in [0, 0.1) is 20.8 Å². The minimum absolute atomic E-state index is 0.0633. The van der Waals surface area contributed by atoms with Crippen molar-refractivity contribution in [2.24, 2.45) is 0 Å². The zero-order valence-electron chi connectivity index (χ0n) is 16.5. The molecule has 0 saturated heterocycles. The summed E-state index contributed by atoms with van der Waals surface area (Å²) in [5, 5.41) is 16.0. The molecule has 1 atom stereocenters. The van der Waals surface area contributed by atoms with Crippen molar-refractivity contribution < 1.29 is 9.32 Å². The molecule has 8 nitrogen and oxygen atoms in total. The van der Waals surface area contributed by atoms with Gasteiger partial charge >= 0.3 is 0 Å². The summed E-state index contributed by atoms with van der Waals surface area (Å²) in [7, 11) is 0. The third-order valence-electron chi connectivity index (χ3n) is 5.18. The number of nitrogens with zero attached hydrogens (tertiary/aromatic N) is 4. The monoisotopic (exact) mass is 400 g/mol. The average Bonchev–Trinajstić information content (AvgIpc) is 3.36. The summed E-state index contributed by atoms with van der Waals surface area (Å²) in [5.74, 6) is 2.15. The number of thiophene rings is 1. The standard InChI is InChI=1S/C19H24N6O2S/c1-10-15(12(3)27-24-10)7-25-6-5-14-16(9-28-17(14)8-25)19(26)20-11(2)18-21-13(4)22-23-18/h9,11H,5-8H2,1-4H3,(H,20,26)(H,21,22,23). The molecule has 0 aromatic carbocycles. The Hall–Kier alpha value is -2.52. The van der Waals surface area contributed by atoms with Gasteiger partial charge in [0.15, 0.2) is 5.82 Å². The molecule has 0 aliphatic carbocycles. The number of hydrogen-bond donors (Lipinski definition) is 2. The first kappa shape index (κ1) is 18.8. The SMILES string of the molecule is Cc1nc(C(C)NC(=O)c2csc3c2CCN(Cc2c(C)noc2C)C3)n[nH]1. The molecule has 3 aromatic heterocycles. The minimum Gasteiger partial charge on any atom is -0.361 e. The van der Waals surface area contributed by atoms with Crippen LogP contribution in [0.3, 0.4) is 0 Å². The van der Waals surface area contributed by atoms with Crippen molar-refractivity contribution in [3.05, 3.63) is 50.1 Å². The van der Waals surface area contributed by atoms with Crippen LogP contribution in [0.1, 0.15) is 62.4 Å². The number of hydrogen-bond acceptors (Lipinski definition) is 7. The third kappa shape index (κ3) is 3.59. The lowest BCUT2D eigenvalue weighted by atomic mass is 10.0. The van der Waals surface area contributed by atoms with Gasteiger partial charge in [-0.25, -0.2) is 4.98 Å². The topological polar surface area (TPSA) is 99.9 Å². The van der Waals surface area contributed by atoms with Crippen molar-refractivity contribution in [2.75, 3.05) is 6.54 Å². The summed E-state index contributed by atoms with van der Waals surface area (Å²) in [4.78, 5) is 20.7. The van der Waals surface area contributed by atoms with E-state index in [4.69, 9.17) is 4.52 Å². The number of amides is 1. The van der Waals surface area contributed by atoms with E-state index >= 15 is 0 Å². The van der Waals surface area contributed by atoms with E-state index in [0.29, 0.717) is 5.82 Å². The zero-order chi connectivity index (χ0) is 19.8. The van der Waals surface area contributed by atoms with Crippen LogP contribution in [-0.2, 0) is 19.5 Å². The molecule has 0 fully saturated rings. The highest BCUT2D eigenvalue weighted by molar-refractivity contribution is 7.10. The molecule has 9 heteroatoms. The highest BCUT2D eigenvalue weighted by atomic mass is 32.1. The molecule has 28 heavy (non-hydrogen) atoms. The summed E-state index contributed by atoms with van der Waals surface area (Å²) in [6.45, 7) is 10.2. The van der Waals surface area contributed by atoms with Gasteiger partial charge in [-0.3, -0.25) is 14.8 Å². The Morgan fingerprint density at radius 1 is 1.43 bits per heavy atom. The number of aryl methyl sites for hydroxylation is 3. The number of carbonyl (C=O) groups excluding carboxylic acids is 1. The molecule has 0 saturated carbocycles. The number of fused-ring (bicyclic) bond motifs is 1. The Bertz CT molecular complexity index is 985. The van der Waals surface area contributed by atoms with Crippen LogP contribution in [-0.4, -0.2) is 37.7 Å². The van der Waals surface area contributed by atoms with Gasteiger partial charge in [0.05, 0.1) is 17.3 Å². The molecule has 1 aliphatic heterocycles. The van der Waals surface area contributed by atoms with E-state index in [1.165, 1.54) is 4.88 Å². The van der Waals surface area contributed by atoms with Gasteiger partial charge < -0.3 is 9.84 Å². The molecule has 0 spiro atoms. The predicted molar refractivity (Wildman–Crippen MR) is 105 cm³/mol. The molecule has 4 rings (SSSR count). The number of carbonyl (C=O) groups is 1. The van der Waals surface area contributed by atoms with Gasteiger partial charge in [-0.2, -0.15) is 5.10 Å². The van der Waals surface area contributed by atoms with E-state index in [2.05, 4.69) is 30.6 Å². The Balaban J connectivity index is 1.44. The molecular weight excluding hydrogens is 376 g/mol. The van der Waals surface area contributed by atoms with Crippen LogP contribution >= 0.6 is 11.3 Å². The Morgan fingerprint density at radius 2 is 2.25 bits per heavy atom. The number of aromatic amines is 1. The second-order valence-electron chi connectivity index (χ2n) is 7.29. The molecule has 1 aliphatic rings. The van der Waals surface area contributed by atoms with Gasteiger partial charge in [-0.05, 0) is 39.7 Å². The van der Waals surface area contributed by atoms with Gasteiger partial charge in [-0.1, -0.05) is 5.16 Å². The molecule has 3 aromatic rings. The molecule has 0 bridgehead atoms. The lowest BCUT2D eigenvalue weighted by molar-refractivity contribution is 0.0937. The molecule has 4 heterocycles. The predicted octanol–water partition coefficient (Wildman–Crippen LogP) is 2.83. The summed E-state index contributed by atoms with van der Waals surface area (Å²) in [6.07, 6.45) is 0.860. The van der Waals surface area contributed by atoms with Crippen molar-refractivity contribution in [1.82, 2.24) is 30.6 Å². The molecule has 1 unspecified atom stereocenters. The summed E-state index contributed by atoms with van der Waals surface area (Å²) >= 11 is 1.65. The highest BCUT2D eigenvalue weighted by Crippen LogP contribution is 2.30. The van der Waals surface area contributed by atoms with Crippen LogP contribution in [0.15, 0.2) is 9.90 Å². The second kappa shape index (κ2) is 7.48. The lowest BCUT2D eigenvalue weighted by Gasteiger charge is -2.27. The Morgan fingerprint density at radius 3 is 2.93 bits per heavy atom. The fourth-order valence-corrected chi connectivity index (χ4v) is 4.67. The van der Waals surface area contributed by atoms with Crippen molar-refractivity contribution in [3.63, 3.8) is 0 Å². The quantitative estimate of drug-likeness (QED) is 0.683. The van der Waals surface area contributed by atoms with Gasteiger partial charge in [-0.15, -0.1) is 11.3 Å². The van der Waals surface area contributed by atoms with Crippen LogP contribution in [0.5, 0.6) is 0 Å². The van der Waals surface area contributed by atoms with Crippen LogP contribution in [0.2, 0.25) is 0 Å². The number of nitrogens with one attached hydrogen (secondary N) is 2. The first-order valence-electron chi connectivity index (χ1n) is 9.35. The number of rotatable bonds is 5. The van der Waals surface area contributed by atoms with Gasteiger partial charge in [0.2, 0.25) is 0 Å². The molecule has 0 radical (unpaired) electrons. The maximum Gasteiger partial charge on any atom is 0.252 e. The Labute approximate surface area is 167 Å². The first-order chi connectivity index (χ1) is 13.4. The van der Waals surface area contributed by atoms with E-state index < -0.39 is 0 Å². The molecule has 1 amide bonds. The summed E-state index contributed by atoms with van der Waals surface area (Å²) < 4.78 is 5.28. The number of aromatic nitrogens is 4. The van der Waals surface area contributed by atoms with E-state index in [9.17, 15) is 4.79 Å². The third-order valence-corrected chi connectivity index (χ3v) is 6.20. The van der Waals surface area contributed by atoms with E-state index in [0.717, 1.165) is 60.0 Å². The van der Waals surface area contributed by atoms with Gasteiger partial charge in [0, 0.05) is 35.5 Å². The molecule has 148 valence electrons. The lowest BCUT2D eigenvalue weighted by Crippen LogP contribution is -2.32. The van der Waals surface area contributed by atoms with Crippen molar-refractivity contribution in [3.8, 4) is 0 Å². The second-order valence-corrected chi connectivity index (χ2v) is 8.25. The first-order valence-corrected chi connectivity index (χ1v) is 10.2. The average molecular weight is 401 g/mol. The van der Waals surface area contributed by atoms with Crippen LogP contribution in [0.4, 0.5) is 0 Å². The van der Waals surface area contributed by atoms with Crippen molar-refractivity contribution in [2.45, 2.75) is 53.2 Å². The largest absolute Gasteiger partial charge is 0.361 e. The van der Waals surface area contributed by atoms with Gasteiger partial charge in [0.1, 0.15) is 11.6 Å². The summed E-state index contributed by atoms with van der Waals surface area (Å²) in [5.41, 5.74) is 4.05. The smallest absolute Gasteiger partial charge is 0.252 e.